The number of aromatic nitrogens is 2. The van der Waals surface area contributed by atoms with Crippen LogP contribution in [0.3, 0.4) is 0 Å². The molecule has 0 fully saturated rings. The second-order valence-electron chi connectivity index (χ2n) is 4.14. The molecule has 19 heavy (non-hydrogen) atoms. The smallest absolute Gasteiger partial charge is 0.319 e. The number of thioether (sulfide) groups is 2. The average molecular weight is 300 g/mol. The Morgan fingerprint density at radius 3 is 3.05 bits per heavy atom. The fraction of sp³-hybridized carbons (Fsp3) is 0.583. The number of esters is 1. The Hall–Kier alpha value is -0.950. The summed E-state index contributed by atoms with van der Waals surface area (Å²) in [7, 11) is 1.69. The van der Waals surface area contributed by atoms with Crippen LogP contribution in [0.2, 0.25) is 0 Å². The minimum atomic E-state index is -0.370. The molecule has 1 aromatic rings. The average Bonchev–Trinajstić information content (AvgIpc) is 2.84. The predicted molar refractivity (Wildman–Crippen MR) is 75.9 cm³/mol. The van der Waals surface area contributed by atoms with E-state index >= 15 is 0 Å². The zero-order valence-corrected chi connectivity index (χ0v) is 12.8. The Bertz CT molecular complexity index is 557. The Balaban J connectivity index is 2.24. The van der Waals surface area contributed by atoms with Crippen LogP contribution in [-0.2, 0) is 23.0 Å². The van der Waals surface area contributed by atoms with Crippen molar-refractivity contribution in [3.05, 3.63) is 16.0 Å². The standard InChI is InChI=1S/C12H16N2O3S2/c1-4-17-11(16)7(2)19-12-13-8-5-6-18-9(8)10(15)14(12)3/h7H,4-6H2,1-3H3/t7-/m0/s1. The SMILES string of the molecule is CCOC(=O)[C@H](C)Sc1nc2c(c(=O)n1C)SCC2. The molecule has 5 nitrogen and oxygen atoms in total. The fourth-order valence-corrected chi connectivity index (χ4v) is 3.70. The van der Waals surface area contributed by atoms with Gasteiger partial charge in [0.05, 0.1) is 17.2 Å². The molecule has 104 valence electrons. The summed E-state index contributed by atoms with van der Waals surface area (Å²) in [6.45, 7) is 3.89. The van der Waals surface area contributed by atoms with Crippen molar-refractivity contribution in [1.82, 2.24) is 9.55 Å². The summed E-state index contributed by atoms with van der Waals surface area (Å²) >= 11 is 2.82. The number of nitrogens with zero attached hydrogens (tertiary/aromatic N) is 2. The van der Waals surface area contributed by atoms with E-state index in [1.165, 1.54) is 16.3 Å². The first-order chi connectivity index (χ1) is 9.04. The maximum atomic E-state index is 12.1. The van der Waals surface area contributed by atoms with Gasteiger partial charge in [-0.1, -0.05) is 11.8 Å². The molecule has 0 radical (unpaired) electrons. The van der Waals surface area contributed by atoms with Gasteiger partial charge in [0, 0.05) is 19.2 Å². The molecule has 2 rings (SSSR count). The minimum absolute atomic E-state index is 0.0222. The highest BCUT2D eigenvalue weighted by molar-refractivity contribution is 8.00. The van der Waals surface area contributed by atoms with Crippen molar-refractivity contribution < 1.29 is 9.53 Å². The molecule has 1 aliphatic rings. The number of hydrogen-bond donors (Lipinski definition) is 0. The summed E-state index contributed by atoms with van der Waals surface area (Å²) < 4.78 is 6.47. The van der Waals surface area contributed by atoms with Gasteiger partial charge in [-0.25, -0.2) is 4.98 Å². The van der Waals surface area contributed by atoms with Gasteiger partial charge in [-0.2, -0.15) is 0 Å². The van der Waals surface area contributed by atoms with Crippen molar-refractivity contribution in [2.45, 2.75) is 35.6 Å². The van der Waals surface area contributed by atoms with Crippen LogP contribution in [-0.4, -0.2) is 33.1 Å². The van der Waals surface area contributed by atoms with E-state index in [-0.39, 0.29) is 16.8 Å². The van der Waals surface area contributed by atoms with Gasteiger partial charge in [0.1, 0.15) is 5.25 Å². The van der Waals surface area contributed by atoms with E-state index in [0.29, 0.717) is 11.8 Å². The molecule has 1 aromatic heterocycles. The van der Waals surface area contributed by atoms with E-state index in [1.807, 2.05) is 0 Å². The maximum absolute atomic E-state index is 12.1. The van der Waals surface area contributed by atoms with Crippen LogP contribution in [0.25, 0.3) is 0 Å². The lowest BCUT2D eigenvalue weighted by Gasteiger charge is -2.13. The normalized spacial score (nSPS) is 15.1. The van der Waals surface area contributed by atoms with E-state index in [0.717, 1.165) is 22.8 Å². The Morgan fingerprint density at radius 2 is 2.37 bits per heavy atom. The fourth-order valence-electron chi connectivity index (χ4n) is 1.74. The van der Waals surface area contributed by atoms with Crippen LogP contribution in [0.4, 0.5) is 0 Å². The molecule has 0 bridgehead atoms. The van der Waals surface area contributed by atoms with Crippen LogP contribution in [0.5, 0.6) is 0 Å². The number of ether oxygens (including phenoxy) is 1. The van der Waals surface area contributed by atoms with E-state index in [2.05, 4.69) is 4.98 Å². The lowest BCUT2D eigenvalue weighted by molar-refractivity contribution is -0.142. The largest absolute Gasteiger partial charge is 0.465 e. The zero-order chi connectivity index (χ0) is 14.0. The van der Waals surface area contributed by atoms with Gasteiger partial charge in [-0.3, -0.25) is 14.2 Å². The Morgan fingerprint density at radius 1 is 1.63 bits per heavy atom. The Kier molecular flexibility index (Phi) is 4.57. The van der Waals surface area contributed by atoms with E-state index < -0.39 is 0 Å². The molecule has 0 aromatic carbocycles. The molecule has 1 aliphatic heterocycles. The van der Waals surface area contributed by atoms with Gasteiger partial charge >= 0.3 is 5.97 Å². The van der Waals surface area contributed by atoms with Crippen LogP contribution in [0, 0.1) is 0 Å². The lowest BCUT2D eigenvalue weighted by Crippen LogP contribution is -2.24. The summed E-state index contributed by atoms with van der Waals surface area (Å²) in [4.78, 5) is 29.0. The first-order valence-corrected chi connectivity index (χ1v) is 7.97. The van der Waals surface area contributed by atoms with Gasteiger partial charge in [0.15, 0.2) is 5.16 Å². The van der Waals surface area contributed by atoms with E-state index in [1.54, 1.807) is 32.7 Å². The van der Waals surface area contributed by atoms with Crippen molar-refractivity contribution >= 4 is 29.5 Å². The molecule has 1 atom stereocenters. The van der Waals surface area contributed by atoms with Gasteiger partial charge in [-0.15, -0.1) is 11.8 Å². The number of carbonyl (C=O) groups excluding carboxylic acids is 1. The second-order valence-corrected chi connectivity index (χ2v) is 6.56. The third-order valence-electron chi connectivity index (χ3n) is 2.76. The highest BCUT2D eigenvalue weighted by atomic mass is 32.2. The molecule has 0 saturated carbocycles. The number of carbonyl (C=O) groups is 1. The molecule has 0 unspecified atom stereocenters. The third-order valence-corrected chi connectivity index (χ3v) is 4.99. The minimum Gasteiger partial charge on any atom is -0.465 e. The van der Waals surface area contributed by atoms with Gasteiger partial charge in [0.25, 0.3) is 5.56 Å². The predicted octanol–water partition coefficient (Wildman–Crippen LogP) is 1.47. The molecule has 0 N–H and O–H groups in total. The molecule has 7 heteroatoms. The van der Waals surface area contributed by atoms with Crippen molar-refractivity contribution in [2.24, 2.45) is 7.05 Å². The topological polar surface area (TPSA) is 61.2 Å². The summed E-state index contributed by atoms with van der Waals surface area (Å²) in [5, 5.41) is 0.206. The first-order valence-electron chi connectivity index (χ1n) is 6.10. The molecule has 0 spiro atoms. The van der Waals surface area contributed by atoms with Crippen LogP contribution < -0.4 is 5.56 Å². The van der Waals surface area contributed by atoms with Crippen LogP contribution in [0.1, 0.15) is 19.5 Å². The highest BCUT2D eigenvalue weighted by Gasteiger charge is 2.23. The monoisotopic (exact) mass is 300 g/mol. The first kappa shape index (κ1) is 14.5. The van der Waals surface area contributed by atoms with Gasteiger partial charge in [-0.05, 0) is 13.8 Å². The number of hydrogen-bond acceptors (Lipinski definition) is 6. The number of fused-ring (bicyclic) bond motifs is 1. The lowest BCUT2D eigenvalue weighted by atomic mass is 10.3. The number of aryl methyl sites for hydroxylation is 1. The van der Waals surface area contributed by atoms with Gasteiger partial charge < -0.3 is 4.74 Å². The third kappa shape index (κ3) is 2.97. The zero-order valence-electron chi connectivity index (χ0n) is 11.1. The molecular formula is C12H16N2O3S2. The summed E-state index contributed by atoms with van der Waals surface area (Å²) in [5.74, 6) is 0.621. The second kappa shape index (κ2) is 6.00. The van der Waals surface area contributed by atoms with Crippen molar-refractivity contribution in [1.29, 1.82) is 0 Å². The molecule has 0 aliphatic carbocycles. The molecular weight excluding hydrogens is 284 g/mol. The molecule has 2 heterocycles. The summed E-state index contributed by atoms with van der Waals surface area (Å²) in [6.07, 6.45) is 0.817. The van der Waals surface area contributed by atoms with Crippen LogP contribution >= 0.6 is 23.5 Å². The van der Waals surface area contributed by atoms with E-state index in [9.17, 15) is 9.59 Å². The molecule has 0 amide bonds. The molecule has 0 saturated heterocycles. The van der Waals surface area contributed by atoms with Crippen molar-refractivity contribution in [3.63, 3.8) is 0 Å². The van der Waals surface area contributed by atoms with Gasteiger partial charge in [0.2, 0.25) is 0 Å². The summed E-state index contributed by atoms with van der Waals surface area (Å²) in [5.41, 5.74) is 0.831. The maximum Gasteiger partial charge on any atom is 0.319 e. The van der Waals surface area contributed by atoms with Crippen molar-refractivity contribution in [3.8, 4) is 0 Å². The quantitative estimate of drug-likeness (QED) is 0.477. The highest BCUT2D eigenvalue weighted by Crippen LogP contribution is 2.29. The Labute approximate surface area is 120 Å². The van der Waals surface area contributed by atoms with Crippen molar-refractivity contribution in [2.75, 3.05) is 12.4 Å². The number of rotatable bonds is 4. The summed E-state index contributed by atoms with van der Waals surface area (Å²) in [6, 6.07) is 0. The van der Waals surface area contributed by atoms with Crippen LogP contribution in [0.15, 0.2) is 14.8 Å². The van der Waals surface area contributed by atoms with E-state index in [4.69, 9.17) is 4.74 Å².